The Kier molecular flexibility index (Phi) is 6.25. The predicted octanol–water partition coefficient (Wildman–Crippen LogP) is 1.25. The molecule has 0 aliphatic rings. The molecule has 0 unspecified atom stereocenters. The zero-order valence-electron chi connectivity index (χ0n) is 10.3. The summed E-state index contributed by atoms with van der Waals surface area (Å²) in [4.78, 5) is 17.8. The number of hydrogen-bond donors (Lipinski definition) is 1. The van der Waals surface area contributed by atoms with Crippen molar-refractivity contribution >= 4 is 5.91 Å². The fourth-order valence-electron chi connectivity index (χ4n) is 1.69. The second-order valence-electron chi connectivity index (χ2n) is 3.93. The summed E-state index contributed by atoms with van der Waals surface area (Å²) in [6.45, 7) is 3.18. The molecule has 1 amide bonds. The summed E-state index contributed by atoms with van der Waals surface area (Å²) >= 11 is 0. The van der Waals surface area contributed by atoms with Gasteiger partial charge in [0.2, 0.25) is 5.91 Å². The molecule has 17 heavy (non-hydrogen) atoms. The Labute approximate surface area is 102 Å². The lowest BCUT2D eigenvalue weighted by Gasteiger charge is -2.20. The van der Waals surface area contributed by atoms with Crippen LogP contribution >= 0.6 is 0 Å². The number of aromatic nitrogens is 1. The molecule has 4 heteroatoms. The molecular formula is C13H20N2O2. The normalized spacial score (nSPS) is 10.2. The number of aryl methyl sites for hydroxylation is 1. The van der Waals surface area contributed by atoms with Gasteiger partial charge < -0.3 is 10.0 Å². The second kappa shape index (κ2) is 7.79. The number of pyridine rings is 1. The van der Waals surface area contributed by atoms with E-state index in [1.807, 2.05) is 25.1 Å². The number of nitrogens with zero attached hydrogens (tertiary/aromatic N) is 2. The second-order valence-corrected chi connectivity index (χ2v) is 3.93. The molecular weight excluding hydrogens is 216 g/mol. The Bertz CT molecular complexity index is 321. The van der Waals surface area contributed by atoms with Crippen LogP contribution in [0.5, 0.6) is 0 Å². The van der Waals surface area contributed by atoms with Crippen molar-refractivity contribution in [2.45, 2.75) is 26.2 Å². The summed E-state index contributed by atoms with van der Waals surface area (Å²) in [6, 6.07) is 5.70. The van der Waals surface area contributed by atoms with E-state index < -0.39 is 0 Å². The molecule has 0 saturated heterocycles. The van der Waals surface area contributed by atoms with Gasteiger partial charge in [0.25, 0.3) is 0 Å². The van der Waals surface area contributed by atoms with E-state index in [4.69, 9.17) is 5.11 Å². The first-order chi connectivity index (χ1) is 8.27. The van der Waals surface area contributed by atoms with Crippen LogP contribution in [0.25, 0.3) is 0 Å². The van der Waals surface area contributed by atoms with Gasteiger partial charge in [0.15, 0.2) is 0 Å². The zero-order chi connectivity index (χ0) is 12.5. The van der Waals surface area contributed by atoms with Gasteiger partial charge in [-0.3, -0.25) is 9.78 Å². The van der Waals surface area contributed by atoms with Crippen molar-refractivity contribution in [2.75, 3.05) is 19.7 Å². The highest BCUT2D eigenvalue weighted by molar-refractivity contribution is 5.76. The number of carbonyl (C=O) groups excluding carboxylic acids is 1. The van der Waals surface area contributed by atoms with Crippen LogP contribution in [0.3, 0.4) is 0 Å². The summed E-state index contributed by atoms with van der Waals surface area (Å²) in [5, 5.41) is 8.89. The van der Waals surface area contributed by atoms with E-state index in [0.717, 1.165) is 12.1 Å². The monoisotopic (exact) mass is 236 g/mol. The van der Waals surface area contributed by atoms with Crippen LogP contribution in [0, 0.1) is 0 Å². The lowest BCUT2D eigenvalue weighted by molar-refractivity contribution is -0.131. The number of carbonyl (C=O) groups is 1. The molecule has 0 radical (unpaired) electrons. The van der Waals surface area contributed by atoms with Gasteiger partial charge in [0.05, 0.1) is 6.61 Å². The van der Waals surface area contributed by atoms with E-state index in [1.54, 1.807) is 11.1 Å². The highest BCUT2D eigenvalue weighted by Crippen LogP contribution is 2.02. The fourth-order valence-corrected chi connectivity index (χ4v) is 1.69. The summed E-state index contributed by atoms with van der Waals surface area (Å²) in [5.41, 5.74) is 0.932. The lowest BCUT2D eigenvalue weighted by Crippen LogP contribution is -2.34. The molecule has 1 rings (SSSR count). The largest absolute Gasteiger partial charge is 0.395 e. The Hall–Kier alpha value is -1.42. The maximum Gasteiger partial charge on any atom is 0.223 e. The minimum Gasteiger partial charge on any atom is -0.395 e. The number of amides is 1. The fraction of sp³-hybridized carbons (Fsp3) is 0.538. The Morgan fingerprint density at radius 2 is 2.24 bits per heavy atom. The predicted molar refractivity (Wildman–Crippen MR) is 66.5 cm³/mol. The Balaban J connectivity index is 2.41. The summed E-state index contributed by atoms with van der Waals surface area (Å²) in [6.07, 6.45) is 3.76. The first-order valence-electron chi connectivity index (χ1n) is 6.06. The van der Waals surface area contributed by atoms with Crippen LogP contribution < -0.4 is 0 Å². The summed E-state index contributed by atoms with van der Waals surface area (Å²) < 4.78 is 0. The van der Waals surface area contributed by atoms with Crippen molar-refractivity contribution in [1.82, 2.24) is 9.88 Å². The minimum absolute atomic E-state index is 0.0231. The maximum absolute atomic E-state index is 11.9. The number of aliphatic hydroxyl groups is 1. The van der Waals surface area contributed by atoms with E-state index in [-0.39, 0.29) is 12.5 Å². The van der Waals surface area contributed by atoms with Crippen LogP contribution in [0.15, 0.2) is 24.4 Å². The van der Waals surface area contributed by atoms with Gasteiger partial charge in [0, 0.05) is 31.4 Å². The van der Waals surface area contributed by atoms with Crippen LogP contribution in [-0.2, 0) is 11.2 Å². The van der Waals surface area contributed by atoms with Crippen molar-refractivity contribution in [3.8, 4) is 0 Å². The molecule has 0 aliphatic carbocycles. The molecule has 0 atom stereocenters. The quantitative estimate of drug-likeness (QED) is 0.775. The third-order valence-corrected chi connectivity index (χ3v) is 2.54. The molecule has 0 spiro atoms. The van der Waals surface area contributed by atoms with E-state index >= 15 is 0 Å². The summed E-state index contributed by atoms with van der Waals surface area (Å²) in [5.74, 6) is 0.0894. The highest BCUT2D eigenvalue weighted by atomic mass is 16.3. The van der Waals surface area contributed by atoms with E-state index in [0.29, 0.717) is 25.9 Å². The molecule has 1 aromatic heterocycles. The van der Waals surface area contributed by atoms with Crippen molar-refractivity contribution in [1.29, 1.82) is 0 Å². The average molecular weight is 236 g/mol. The van der Waals surface area contributed by atoms with Crippen LogP contribution in [0.2, 0.25) is 0 Å². The Morgan fingerprint density at radius 1 is 1.41 bits per heavy atom. The van der Waals surface area contributed by atoms with Crippen LogP contribution in [0.1, 0.15) is 25.5 Å². The first kappa shape index (κ1) is 13.6. The molecule has 94 valence electrons. The molecule has 4 nitrogen and oxygen atoms in total. The average Bonchev–Trinajstić information content (AvgIpc) is 2.37. The van der Waals surface area contributed by atoms with Gasteiger partial charge in [-0.1, -0.05) is 13.0 Å². The van der Waals surface area contributed by atoms with Gasteiger partial charge in [-0.15, -0.1) is 0 Å². The molecule has 0 fully saturated rings. The van der Waals surface area contributed by atoms with Crippen LogP contribution in [0.4, 0.5) is 0 Å². The van der Waals surface area contributed by atoms with Crippen LogP contribution in [-0.4, -0.2) is 40.6 Å². The number of hydrogen-bond acceptors (Lipinski definition) is 3. The molecule has 0 aromatic carbocycles. The standard InChI is InChI=1S/C13H20N2O2/c1-2-9-15(10-11-16)13(17)7-6-12-5-3-4-8-14-12/h3-5,8,16H,2,6-7,9-11H2,1H3. The van der Waals surface area contributed by atoms with Crippen molar-refractivity contribution < 1.29 is 9.90 Å². The Morgan fingerprint density at radius 3 is 2.82 bits per heavy atom. The SMILES string of the molecule is CCCN(CCO)C(=O)CCc1ccccn1. The van der Waals surface area contributed by atoms with Crippen molar-refractivity contribution in [3.63, 3.8) is 0 Å². The number of aliphatic hydroxyl groups excluding tert-OH is 1. The summed E-state index contributed by atoms with van der Waals surface area (Å²) in [7, 11) is 0. The van der Waals surface area contributed by atoms with Crippen molar-refractivity contribution in [2.24, 2.45) is 0 Å². The highest BCUT2D eigenvalue weighted by Gasteiger charge is 2.11. The smallest absolute Gasteiger partial charge is 0.223 e. The molecule has 1 aromatic rings. The molecule has 0 aliphatic heterocycles. The van der Waals surface area contributed by atoms with Gasteiger partial charge in [-0.25, -0.2) is 0 Å². The number of rotatable bonds is 7. The third kappa shape index (κ3) is 4.95. The van der Waals surface area contributed by atoms with E-state index in [9.17, 15) is 4.79 Å². The van der Waals surface area contributed by atoms with E-state index in [1.165, 1.54) is 0 Å². The van der Waals surface area contributed by atoms with Gasteiger partial charge in [0.1, 0.15) is 0 Å². The topological polar surface area (TPSA) is 53.4 Å². The maximum atomic E-state index is 11.9. The van der Waals surface area contributed by atoms with Crippen molar-refractivity contribution in [3.05, 3.63) is 30.1 Å². The third-order valence-electron chi connectivity index (χ3n) is 2.54. The van der Waals surface area contributed by atoms with Gasteiger partial charge >= 0.3 is 0 Å². The molecule has 0 bridgehead atoms. The van der Waals surface area contributed by atoms with Gasteiger partial charge in [-0.05, 0) is 25.0 Å². The van der Waals surface area contributed by atoms with E-state index in [2.05, 4.69) is 4.98 Å². The molecule has 0 saturated carbocycles. The van der Waals surface area contributed by atoms with Gasteiger partial charge in [-0.2, -0.15) is 0 Å². The lowest BCUT2D eigenvalue weighted by atomic mass is 10.2. The zero-order valence-corrected chi connectivity index (χ0v) is 10.3. The molecule has 1 N–H and O–H groups in total. The minimum atomic E-state index is 0.0231. The molecule has 1 heterocycles. The first-order valence-corrected chi connectivity index (χ1v) is 6.06.